The number of carbonyl (C=O) groups excluding carboxylic acids is 1. The highest BCUT2D eigenvalue weighted by Crippen LogP contribution is 2.07. The Morgan fingerprint density at radius 1 is 1.56 bits per heavy atom. The van der Waals surface area contributed by atoms with Crippen LogP contribution in [0.15, 0.2) is 18.3 Å². The average molecular weight is 270 g/mol. The van der Waals surface area contributed by atoms with Gasteiger partial charge in [-0.15, -0.1) is 5.10 Å². The van der Waals surface area contributed by atoms with Gasteiger partial charge in [-0.2, -0.15) is 5.10 Å². The maximum atomic E-state index is 11.7. The standard InChI is InChI=1S/C10H14N4O3S/c15-10(13-9-2-1-3-12-14-9)6-8-7-18(16,17)5-4-11-8/h1-3,8,11H,4-7H2,(H,13,14,15). The first-order valence-electron chi connectivity index (χ1n) is 5.56. The fourth-order valence-electron chi connectivity index (χ4n) is 1.78. The number of carbonyl (C=O) groups is 1. The molecule has 0 bridgehead atoms. The van der Waals surface area contributed by atoms with Crippen molar-refractivity contribution < 1.29 is 13.2 Å². The predicted molar refractivity (Wildman–Crippen MR) is 65.7 cm³/mol. The lowest BCUT2D eigenvalue weighted by Gasteiger charge is -2.22. The molecule has 2 rings (SSSR count). The number of rotatable bonds is 3. The van der Waals surface area contributed by atoms with Crippen LogP contribution in [-0.4, -0.2) is 48.6 Å². The van der Waals surface area contributed by atoms with Crippen molar-refractivity contribution in [2.24, 2.45) is 0 Å². The van der Waals surface area contributed by atoms with Crippen LogP contribution in [-0.2, 0) is 14.6 Å². The summed E-state index contributed by atoms with van der Waals surface area (Å²) in [5, 5.41) is 12.9. The third-order valence-corrected chi connectivity index (χ3v) is 4.31. The summed E-state index contributed by atoms with van der Waals surface area (Å²) in [6.45, 7) is 0.394. The van der Waals surface area contributed by atoms with Gasteiger partial charge < -0.3 is 10.6 Å². The van der Waals surface area contributed by atoms with Crippen molar-refractivity contribution in [3.63, 3.8) is 0 Å². The molecule has 1 fully saturated rings. The lowest BCUT2D eigenvalue weighted by Crippen LogP contribution is -2.46. The molecule has 1 aliphatic heterocycles. The zero-order chi connectivity index (χ0) is 13.0. The van der Waals surface area contributed by atoms with Crippen LogP contribution in [0.4, 0.5) is 5.82 Å². The van der Waals surface area contributed by atoms with Crippen LogP contribution in [0.2, 0.25) is 0 Å². The van der Waals surface area contributed by atoms with Crippen molar-refractivity contribution >= 4 is 21.6 Å². The van der Waals surface area contributed by atoms with E-state index in [-0.39, 0.29) is 29.9 Å². The zero-order valence-corrected chi connectivity index (χ0v) is 10.5. The van der Waals surface area contributed by atoms with Crippen molar-refractivity contribution in [3.8, 4) is 0 Å². The first kappa shape index (κ1) is 12.9. The molecule has 1 unspecified atom stereocenters. The maximum absolute atomic E-state index is 11.7. The van der Waals surface area contributed by atoms with E-state index in [1.54, 1.807) is 12.1 Å². The molecule has 1 aromatic rings. The fourth-order valence-corrected chi connectivity index (χ4v) is 3.23. The molecule has 1 aromatic heterocycles. The third-order valence-electron chi connectivity index (χ3n) is 2.57. The second-order valence-electron chi connectivity index (χ2n) is 4.13. The molecule has 2 heterocycles. The summed E-state index contributed by atoms with van der Waals surface area (Å²) in [5.41, 5.74) is 0. The van der Waals surface area contributed by atoms with E-state index in [1.165, 1.54) is 6.20 Å². The first-order chi connectivity index (χ1) is 8.55. The molecule has 7 nitrogen and oxygen atoms in total. The first-order valence-corrected chi connectivity index (χ1v) is 7.39. The van der Waals surface area contributed by atoms with E-state index in [0.29, 0.717) is 12.4 Å². The summed E-state index contributed by atoms with van der Waals surface area (Å²) in [4.78, 5) is 11.7. The molecule has 0 radical (unpaired) electrons. The van der Waals surface area contributed by atoms with E-state index >= 15 is 0 Å². The quantitative estimate of drug-likeness (QED) is 0.745. The van der Waals surface area contributed by atoms with Crippen LogP contribution in [0.25, 0.3) is 0 Å². The summed E-state index contributed by atoms with van der Waals surface area (Å²) in [6.07, 6.45) is 1.61. The van der Waals surface area contributed by atoms with Gasteiger partial charge in [-0.1, -0.05) is 0 Å². The number of anilines is 1. The molecule has 2 N–H and O–H groups in total. The summed E-state index contributed by atoms with van der Waals surface area (Å²) in [7, 11) is -3.02. The van der Waals surface area contributed by atoms with Crippen molar-refractivity contribution in [2.75, 3.05) is 23.4 Å². The normalized spacial score (nSPS) is 22.3. The summed E-state index contributed by atoms with van der Waals surface area (Å²) in [6, 6.07) is 2.95. The Kier molecular flexibility index (Phi) is 3.87. The Balaban J connectivity index is 1.88. The van der Waals surface area contributed by atoms with Gasteiger partial charge in [-0.05, 0) is 12.1 Å². The molecule has 0 saturated carbocycles. The predicted octanol–water partition coefficient (Wildman–Crippen LogP) is -0.808. The van der Waals surface area contributed by atoms with Gasteiger partial charge in [0.2, 0.25) is 5.91 Å². The van der Waals surface area contributed by atoms with Gasteiger partial charge in [0.1, 0.15) is 0 Å². The largest absolute Gasteiger partial charge is 0.311 e. The smallest absolute Gasteiger partial charge is 0.227 e. The van der Waals surface area contributed by atoms with Gasteiger partial charge in [-0.25, -0.2) is 8.42 Å². The van der Waals surface area contributed by atoms with Crippen molar-refractivity contribution in [1.29, 1.82) is 0 Å². The van der Waals surface area contributed by atoms with E-state index in [2.05, 4.69) is 20.8 Å². The highest BCUT2D eigenvalue weighted by atomic mass is 32.2. The van der Waals surface area contributed by atoms with Crippen LogP contribution in [0, 0.1) is 0 Å². The van der Waals surface area contributed by atoms with Crippen LogP contribution in [0.1, 0.15) is 6.42 Å². The van der Waals surface area contributed by atoms with Crippen molar-refractivity contribution in [3.05, 3.63) is 18.3 Å². The van der Waals surface area contributed by atoms with Gasteiger partial charge >= 0.3 is 0 Å². The number of aromatic nitrogens is 2. The molecule has 0 spiro atoms. The Bertz CT molecular complexity index is 517. The van der Waals surface area contributed by atoms with Crippen molar-refractivity contribution in [1.82, 2.24) is 15.5 Å². The molecule has 0 aromatic carbocycles. The average Bonchev–Trinajstić information content (AvgIpc) is 2.28. The summed E-state index contributed by atoms with van der Waals surface area (Å²) >= 11 is 0. The molecule has 18 heavy (non-hydrogen) atoms. The molecule has 0 aliphatic carbocycles. The van der Waals surface area contributed by atoms with E-state index in [1.807, 2.05) is 0 Å². The highest BCUT2D eigenvalue weighted by Gasteiger charge is 2.25. The molecular formula is C10H14N4O3S. The monoisotopic (exact) mass is 270 g/mol. The number of nitrogens with zero attached hydrogens (tertiary/aromatic N) is 2. The third kappa shape index (κ3) is 3.74. The minimum absolute atomic E-state index is 0.000881. The molecule has 1 atom stereocenters. The molecular weight excluding hydrogens is 256 g/mol. The molecule has 98 valence electrons. The van der Waals surface area contributed by atoms with Gasteiger partial charge in [0, 0.05) is 25.2 Å². The van der Waals surface area contributed by atoms with Crippen molar-refractivity contribution in [2.45, 2.75) is 12.5 Å². The lowest BCUT2D eigenvalue weighted by atomic mass is 10.2. The van der Waals surface area contributed by atoms with Crippen LogP contribution in [0.5, 0.6) is 0 Å². The Morgan fingerprint density at radius 2 is 2.39 bits per heavy atom. The van der Waals surface area contributed by atoms with Gasteiger partial charge in [0.25, 0.3) is 0 Å². The second kappa shape index (κ2) is 5.40. The number of sulfone groups is 1. The Morgan fingerprint density at radius 3 is 3.06 bits per heavy atom. The topological polar surface area (TPSA) is 101 Å². The molecule has 1 aliphatic rings. The minimum Gasteiger partial charge on any atom is -0.311 e. The number of amides is 1. The van der Waals surface area contributed by atoms with Crippen LogP contribution in [0.3, 0.4) is 0 Å². The second-order valence-corrected chi connectivity index (χ2v) is 6.36. The van der Waals surface area contributed by atoms with E-state index in [9.17, 15) is 13.2 Å². The number of hydrogen-bond acceptors (Lipinski definition) is 6. The van der Waals surface area contributed by atoms with E-state index in [0.717, 1.165) is 0 Å². The van der Waals surface area contributed by atoms with Crippen LogP contribution >= 0.6 is 0 Å². The molecule has 1 saturated heterocycles. The van der Waals surface area contributed by atoms with E-state index < -0.39 is 9.84 Å². The fraction of sp³-hybridized carbons (Fsp3) is 0.500. The maximum Gasteiger partial charge on any atom is 0.227 e. The summed E-state index contributed by atoms with van der Waals surface area (Å²) in [5.74, 6) is 0.224. The Hall–Kier alpha value is -1.54. The Labute approximate surface area is 105 Å². The van der Waals surface area contributed by atoms with Gasteiger partial charge in [0.05, 0.1) is 11.5 Å². The van der Waals surface area contributed by atoms with Gasteiger partial charge in [-0.3, -0.25) is 4.79 Å². The number of hydrogen-bond donors (Lipinski definition) is 2. The minimum atomic E-state index is -3.02. The van der Waals surface area contributed by atoms with Crippen LogP contribution < -0.4 is 10.6 Å². The highest BCUT2D eigenvalue weighted by molar-refractivity contribution is 7.91. The van der Waals surface area contributed by atoms with Gasteiger partial charge in [0.15, 0.2) is 15.7 Å². The lowest BCUT2D eigenvalue weighted by molar-refractivity contribution is -0.116. The molecule has 1 amide bonds. The van der Waals surface area contributed by atoms with E-state index in [4.69, 9.17) is 0 Å². The zero-order valence-electron chi connectivity index (χ0n) is 9.67. The SMILES string of the molecule is O=C(CC1CS(=O)(=O)CCN1)Nc1cccnn1. The molecule has 8 heteroatoms. The summed E-state index contributed by atoms with van der Waals surface area (Å²) < 4.78 is 22.8. The number of nitrogens with one attached hydrogen (secondary N) is 2.